The second-order valence-corrected chi connectivity index (χ2v) is 9.66. The van der Waals surface area contributed by atoms with Crippen molar-refractivity contribution in [3.05, 3.63) is 59.5 Å². The summed E-state index contributed by atoms with van der Waals surface area (Å²) in [4.78, 5) is 32.7. The minimum atomic E-state index is -0.328. The van der Waals surface area contributed by atoms with Gasteiger partial charge in [0, 0.05) is 30.3 Å². The predicted molar refractivity (Wildman–Crippen MR) is 136 cm³/mol. The molecule has 2 aliphatic rings. The molecule has 1 saturated heterocycles. The Balaban J connectivity index is 1.42. The van der Waals surface area contributed by atoms with Crippen molar-refractivity contribution < 1.29 is 23.6 Å². The number of ether oxygens (including phenoxy) is 1. The van der Waals surface area contributed by atoms with Gasteiger partial charge in [0.15, 0.2) is 5.82 Å². The van der Waals surface area contributed by atoms with Crippen LogP contribution in [0, 0.1) is 11.7 Å². The zero-order valence-corrected chi connectivity index (χ0v) is 21.1. The van der Waals surface area contributed by atoms with Crippen molar-refractivity contribution in [2.45, 2.75) is 50.6 Å². The molecule has 196 valence electrons. The van der Waals surface area contributed by atoms with E-state index in [0.29, 0.717) is 54.9 Å². The van der Waals surface area contributed by atoms with Crippen LogP contribution in [-0.2, 0) is 9.63 Å². The number of fused-ring (bicyclic) bond motifs is 1. The van der Waals surface area contributed by atoms with E-state index >= 15 is 0 Å². The molecule has 9 nitrogen and oxygen atoms in total. The monoisotopic (exact) mass is 509 g/mol. The zero-order chi connectivity index (χ0) is 25.9. The van der Waals surface area contributed by atoms with Gasteiger partial charge in [-0.2, -0.15) is 0 Å². The van der Waals surface area contributed by atoms with E-state index in [1.807, 2.05) is 24.4 Å². The van der Waals surface area contributed by atoms with Crippen molar-refractivity contribution >= 4 is 23.1 Å². The number of benzene rings is 1. The van der Waals surface area contributed by atoms with Crippen LogP contribution in [0.2, 0.25) is 0 Å². The number of halogens is 1. The lowest BCUT2D eigenvalue weighted by molar-refractivity contribution is -0.136. The number of methoxy groups -OCH3 is 1. The third kappa shape index (κ3) is 4.98. The number of aromatic nitrogens is 2. The molecule has 0 unspecified atom stereocenters. The summed E-state index contributed by atoms with van der Waals surface area (Å²) in [5.41, 5.74) is 4.36. The van der Waals surface area contributed by atoms with E-state index in [4.69, 9.17) is 14.7 Å². The maximum atomic E-state index is 14.2. The van der Waals surface area contributed by atoms with Crippen molar-refractivity contribution in [1.82, 2.24) is 20.4 Å². The fourth-order valence-electron chi connectivity index (χ4n) is 5.66. The van der Waals surface area contributed by atoms with Gasteiger partial charge in [0.2, 0.25) is 5.91 Å². The van der Waals surface area contributed by atoms with E-state index in [0.717, 1.165) is 18.4 Å². The molecule has 1 aromatic carbocycles. The molecule has 1 atom stereocenters. The number of amides is 2. The Morgan fingerprint density at radius 3 is 2.65 bits per heavy atom. The molecule has 10 heteroatoms. The number of hydroxylamine groups is 1. The van der Waals surface area contributed by atoms with Crippen molar-refractivity contribution in [2.24, 2.45) is 5.92 Å². The first-order valence-corrected chi connectivity index (χ1v) is 12.7. The van der Waals surface area contributed by atoms with E-state index in [9.17, 15) is 14.0 Å². The van der Waals surface area contributed by atoms with Crippen molar-refractivity contribution in [2.75, 3.05) is 25.7 Å². The molecule has 5 rings (SSSR count). The second kappa shape index (κ2) is 10.8. The normalized spacial score (nSPS) is 21.7. The van der Waals surface area contributed by atoms with Gasteiger partial charge in [-0.15, -0.1) is 5.10 Å². The third-order valence-corrected chi connectivity index (χ3v) is 7.46. The smallest absolute Gasteiger partial charge is 0.257 e. The number of nitrogens with one attached hydrogen (secondary N) is 2. The average molecular weight is 510 g/mol. The maximum Gasteiger partial charge on any atom is 0.257 e. The Bertz CT molecular complexity index is 1290. The Morgan fingerprint density at radius 1 is 1.08 bits per heavy atom. The van der Waals surface area contributed by atoms with Gasteiger partial charge in [-0.1, -0.05) is 6.07 Å². The van der Waals surface area contributed by atoms with E-state index in [2.05, 4.69) is 15.7 Å². The van der Waals surface area contributed by atoms with Gasteiger partial charge in [-0.25, -0.2) is 14.4 Å². The van der Waals surface area contributed by atoms with Gasteiger partial charge in [0.05, 0.1) is 25.8 Å². The highest BCUT2D eigenvalue weighted by molar-refractivity contribution is 6.06. The molecule has 37 heavy (non-hydrogen) atoms. The molecular formula is C27H32FN5O4. The highest BCUT2D eigenvalue weighted by Crippen LogP contribution is 2.41. The van der Waals surface area contributed by atoms with Crippen LogP contribution < -0.4 is 20.4 Å². The first kappa shape index (κ1) is 25.0. The fourth-order valence-corrected chi connectivity index (χ4v) is 5.66. The quantitative estimate of drug-likeness (QED) is 0.471. The Kier molecular flexibility index (Phi) is 7.27. The number of hydrogen-bond donors (Lipinski definition) is 2. The summed E-state index contributed by atoms with van der Waals surface area (Å²) in [6.45, 7) is 0.689. The van der Waals surface area contributed by atoms with Gasteiger partial charge >= 0.3 is 0 Å². The molecule has 0 radical (unpaired) electrons. The lowest BCUT2D eigenvalue weighted by Gasteiger charge is -2.29. The molecule has 2 amide bonds. The summed E-state index contributed by atoms with van der Waals surface area (Å²) in [6.07, 6.45) is 6.26. The van der Waals surface area contributed by atoms with Crippen LogP contribution in [0.25, 0.3) is 5.52 Å². The summed E-state index contributed by atoms with van der Waals surface area (Å²) in [5.74, 6) is 0.425. The number of carbonyl (C=O) groups excluding carboxylic acids is 2. The summed E-state index contributed by atoms with van der Waals surface area (Å²) in [6, 6.07) is 9.96. The van der Waals surface area contributed by atoms with Gasteiger partial charge in [0.1, 0.15) is 17.1 Å². The second-order valence-electron chi connectivity index (χ2n) is 9.66. The lowest BCUT2D eigenvalue weighted by atomic mass is 9.85. The van der Waals surface area contributed by atoms with Crippen LogP contribution in [0.15, 0.2) is 42.6 Å². The molecule has 0 bridgehead atoms. The highest BCUT2D eigenvalue weighted by atomic mass is 19.1. The molecule has 3 aromatic rings. The van der Waals surface area contributed by atoms with Gasteiger partial charge in [0.25, 0.3) is 5.91 Å². The predicted octanol–water partition coefficient (Wildman–Crippen LogP) is 3.79. The van der Waals surface area contributed by atoms with Gasteiger partial charge in [-0.05, 0) is 68.9 Å². The van der Waals surface area contributed by atoms with Gasteiger partial charge in [-0.3, -0.25) is 14.4 Å². The highest BCUT2D eigenvalue weighted by Gasteiger charge is 2.35. The molecule has 0 spiro atoms. The number of hydrogen-bond acceptors (Lipinski definition) is 6. The maximum absolute atomic E-state index is 14.2. The number of anilines is 1. The number of carbonyl (C=O) groups is 2. The number of nitrogens with zero attached hydrogens (tertiary/aromatic N) is 3. The molecule has 1 aliphatic carbocycles. The molecule has 3 heterocycles. The Morgan fingerprint density at radius 2 is 1.89 bits per heavy atom. The van der Waals surface area contributed by atoms with E-state index in [-0.39, 0.29) is 35.6 Å². The standard InChI is InChI=1S/C27H32FN5O4/c1-36-23-13-10-18(28)16-20(23)21-7-5-14-32(21)25-24(22-6-3-4-15-33(22)30-25)27(35)29-19-11-8-17(9-12-19)26(34)31-37-2/h3-4,6,10,13,15-17,19,21H,5,7-9,11-12,14H2,1-2H3,(H,29,35)(H,31,34)/t17?,19?,21-/m1/s1. The minimum absolute atomic E-state index is 0.0386. The van der Waals surface area contributed by atoms with Crippen LogP contribution in [0.3, 0.4) is 0 Å². The SMILES string of the molecule is CONC(=O)C1CCC(NC(=O)c2c(N3CCC[C@@H]3c3cc(F)ccc3OC)nn3ccccc23)CC1. The van der Waals surface area contributed by atoms with Crippen LogP contribution in [-0.4, -0.2) is 48.2 Å². The summed E-state index contributed by atoms with van der Waals surface area (Å²) >= 11 is 0. The fraction of sp³-hybridized carbons (Fsp3) is 0.444. The molecule has 1 aliphatic heterocycles. The molecule has 2 N–H and O–H groups in total. The van der Waals surface area contributed by atoms with E-state index in [1.54, 1.807) is 17.7 Å². The lowest BCUT2D eigenvalue weighted by Crippen LogP contribution is -2.41. The molecular weight excluding hydrogens is 477 g/mol. The first-order chi connectivity index (χ1) is 18.0. The largest absolute Gasteiger partial charge is 0.496 e. The van der Waals surface area contributed by atoms with Crippen LogP contribution in [0.1, 0.15) is 60.5 Å². The summed E-state index contributed by atoms with van der Waals surface area (Å²) in [5, 5.41) is 7.99. The minimum Gasteiger partial charge on any atom is -0.496 e. The summed E-state index contributed by atoms with van der Waals surface area (Å²) in [7, 11) is 3.00. The molecule has 2 fully saturated rings. The van der Waals surface area contributed by atoms with E-state index < -0.39 is 0 Å². The topological polar surface area (TPSA) is 97.2 Å². The Labute approximate surface area is 214 Å². The molecule has 2 aromatic heterocycles. The zero-order valence-electron chi connectivity index (χ0n) is 21.1. The van der Waals surface area contributed by atoms with Crippen LogP contribution >= 0.6 is 0 Å². The third-order valence-electron chi connectivity index (χ3n) is 7.46. The number of rotatable bonds is 7. The van der Waals surface area contributed by atoms with Crippen molar-refractivity contribution in [1.29, 1.82) is 0 Å². The van der Waals surface area contributed by atoms with E-state index in [1.165, 1.54) is 19.2 Å². The average Bonchev–Trinajstić information content (AvgIpc) is 3.54. The van der Waals surface area contributed by atoms with Gasteiger partial charge < -0.3 is 15.0 Å². The van der Waals surface area contributed by atoms with Crippen LogP contribution in [0.5, 0.6) is 5.75 Å². The van der Waals surface area contributed by atoms with Crippen molar-refractivity contribution in [3.63, 3.8) is 0 Å². The summed E-state index contributed by atoms with van der Waals surface area (Å²) < 4.78 is 21.5. The number of pyridine rings is 1. The van der Waals surface area contributed by atoms with Crippen molar-refractivity contribution in [3.8, 4) is 5.75 Å². The van der Waals surface area contributed by atoms with Crippen LogP contribution in [0.4, 0.5) is 10.2 Å². The first-order valence-electron chi connectivity index (χ1n) is 12.7. The molecule has 1 saturated carbocycles. The Hall–Kier alpha value is -3.66.